The van der Waals surface area contributed by atoms with Gasteiger partial charge in [0.2, 0.25) is 5.95 Å². The summed E-state index contributed by atoms with van der Waals surface area (Å²) in [5.41, 5.74) is 12.8. The predicted octanol–water partition coefficient (Wildman–Crippen LogP) is 2.36. The van der Waals surface area contributed by atoms with E-state index in [1.54, 1.807) is 24.3 Å². The first-order valence-corrected chi connectivity index (χ1v) is 6.55. The molecule has 8 heteroatoms. The number of hydrogen-bond donors (Lipinski definition) is 4. The molecule has 1 saturated carbocycles. The Morgan fingerprint density at radius 2 is 1.76 bits per heavy atom. The van der Waals surface area contributed by atoms with Gasteiger partial charge in [0.15, 0.2) is 17.3 Å². The lowest BCUT2D eigenvalue weighted by atomic mass is 10.3. The molecule has 6 N–H and O–H groups in total. The molecule has 3 rings (SSSR count). The van der Waals surface area contributed by atoms with E-state index in [2.05, 4.69) is 25.8 Å². The Labute approximate surface area is 120 Å². The highest BCUT2D eigenvalue weighted by atomic mass is 16.3. The highest BCUT2D eigenvalue weighted by Crippen LogP contribution is 2.36. The largest absolute Gasteiger partial charge is 0.399 e. The molecule has 21 heavy (non-hydrogen) atoms. The number of nitroso groups, excluding NO2 is 1. The van der Waals surface area contributed by atoms with E-state index in [1.807, 2.05) is 0 Å². The number of rotatable bonds is 5. The van der Waals surface area contributed by atoms with Crippen molar-refractivity contribution in [2.45, 2.75) is 18.9 Å². The molecule has 0 amide bonds. The molecule has 1 aliphatic carbocycles. The summed E-state index contributed by atoms with van der Waals surface area (Å²) < 4.78 is 0. The van der Waals surface area contributed by atoms with E-state index in [0.717, 1.165) is 18.5 Å². The average Bonchev–Trinajstić information content (AvgIpc) is 3.25. The average molecular weight is 285 g/mol. The van der Waals surface area contributed by atoms with Crippen LogP contribution in [0.3, 0.4) is 0 Å². The highest BCUT2D eigenvalue weighted by molar-refractivity contribution is 5.79. The molecule has 1 aromatic carbocycles. The Bertz CT molecular complexity index is 667. The molecule has 0 bridgehead atoms. The standard InChI is InChI=1S/C13H15N7O/c14-7-1-3-8(4-2-7)16-11-10(20-21)12(17-9-5-6-9)19-13(15)18-11/h1-4,9H,5-6,14H2,(H4,15,16,17,18,19). The van der Waals surface area contributed by atoms with Crippen LogP contribution in [0.4, 0.5) is 34.6 Å². The summed E-state index contributed by atoms with van der Waals surface area (Å²) in [6, 6.07) is 7.35. The van der Waals surface area contributed by atoms with Crippen LogP contribution in [0, 0.1) is 4.91 Å². The van der Waals surface area contributed by atoms with Gasteiger partial charge in [-0.05, 0) is 42.3 Å². The minimum absolute atomic E-state index is 0.0727. The first kappa shape index (κ1) is 13.1. The van der Waals surface area contributed by atoms with E-state index < -0.39 is 0 Å². The van der Waals surface area contributed by atoms with Crippen LogP contribution in [0.2, 0.25) is 0 Å². The molecule has 1 heterocycles. The Morgan fingerprint density at radius 1 is 1.10 bits per heavy atom. The number of nitrogens with two attached hydrogens (primary N) is 2. The van der Waals surface area contributed by atoms with Crippen molar-refractivity contribution in [3.63, 3.8) is 0 Å². The number of anilines is 5. The maximum absolute atomic E-state index is 11.1. The second-order valence-corrected chi connectivity index (χ2v) is 4.88. The van der Waals surface area contributed by atoms with Gasteiger partial charge in [0, 0.05) is 17.4 Å². The third-order valence-electron chi connectivity index (χ3n) is 3.08. The molecule has 0 aliphatic heterocycles. The highest BCUT2D eigenvalue weighted by Gasteiger charge is 2.25. The summed E-state index contributed by atoms with van der Waals surface area (Å²) >= 11 is 0. The number of nitrogens with one attached hydrogen (secondary N) is 2. The summed E-state index contributed by atoms with van der Waals surface area (Å²) in [5.74, 6) is 0.701. The SMILES string of the molecule is Nc1ccc(Nc2nc(N)nc(NC3CC3)c2N=O)cc1. The zero-order valence-electron chi connectivity index (χ0n) is 11.2. The second-order valence-electron chi connectivity index (χ2n) is 4.88. The van der Waals surface area contributed by atoms with Gasteiger partial charge in [-0.1, -0.05) is 0 Å². The van der Waals surface area contributed by atoms with Crippen molar-refractivity contribution < 1.29 is 0 Å². The zero-order valence-corrected chi connectivity index (χ0v) is 11.2. The maximum Gasteiger partial charge on any atom is 0.224 e. The van der Waals surface area contributed by atoms with Crippen LogP contribution in [-0.4, -0.2) is 16.0 Å². The fourth-order valence-corrected chi connectivity index (χ4v) is 1.87. The second kappa shape index (κ2) is 5.23. The topological polar surface area (TPSA) is 131 Å². The van der Waals surface area contributed by atoms with E-state index in [1.165, 1.54) is 0 Å². The molecule has 0 unspecified atom stereocenters. The molecule has 1 aromatic heterocycles. The fourth-order valence-electron chi connectivity index (χ4n) is 1.87. The first-order valence-electron chi connectivity index (χ1n) is 6.55. The smallest absolute Gasteiger partial charge is 0.224 e. The molecule has 8 nitrogen and oxygen atoms in total. The molecule has 1 aliphatic rings. The van der Waals surface area contributed by atoms with Gasteiger partial charge >= 0.3 is 0 Å². The monoisotopic (exact) mass is 285 g/mol. The molecular weight excluding hydrogens is 270 g/mol. The van der Waals surface area contributed by atoms with Gasteiger partial charge in [-0.3, -0.25) is 0 Å². The Balaban J connectivity index is 1.93. The Morgan fingerprint density at radius 3 is 2.38 bits per heavy atom. The van der Waals surface area contributed by atoms with Crippen LogP contribution in [0.15, 0.2) is 29.4 Å². The van der Waals surface area contributed by atoms with Crippen molar-refractivity contribution >= 4 is 34.6 Å². The first-order chi connectivity index (χ1) is 10.2. The summed E-state index contributed by atoms with van der Waals surface area (Å²) in [6.07, 6.45) is 2.09. The van der Waals surface area contributed by atoms with Gasteiger partial charge in [-0.2, -0.15) is 9.97 Å². The van der Waals surface area contributed by atoms with Crippen LogP contribution in [0.5, 0.6) is 0 Å². The van der Waals surface area contributed by atoms with Gasteiger partial charge in [0.1, 0.15) is 0 Å². The minimum Gasteiger partial charge on any atom is -0.399 e. The molecular formula is C13H15N7O. The molecule has 108 valence electrons. The quantitative estimate of drug-likeness (QED) is 0.489. The summed E-state index contributed by atoms with van der Waals surface area (Å²) in [7, 11) is 0. The van der Waals surface area contributed by atoms with Crippen molar-refractivity contribution in [1.29, 1.82) is 0 Å². The van der Waals surface area contributed by atoms with Gasteiger partial charge in [-0.15, -0.1) is 4.91 Å². The van der Waals surface area contributed by atoms with E-state index in [4.69, 9.17) is 11.5 Å². The minimum atomic E-state index is 0.0727. The van der Waals surface area contributed by atoms with Crippen LogP contribution < -0.4 is 22.1 Å². The number of hydrogen-bond acceptors (Lipinski definition) is 8. The van der Waals surface area contributed by atoms with Crippen LogP contribution in [0.25, 0.3) is 0 Å². The van der Waals surface area contributed by atoms with E-state index in [0.29, 0.717) is 17.5 Å². The maximum atomic E-state index is 11.1. The zero-order chi connectivity index (χ0) is 14.8. The van der Waals surface area contributed by atoms with Crippen molar-refractivity contribution in [2.24, 2.45) is 5.18 Å². The third kappa shape index (κ3) is 2.99. The molecule has 0 radical (unpaired) electrons. The van der Waals surface area contributed by atoms with Crippen LogP contribution >= 0.6 is 0 Å². The lowest BCUT2D eigenvalue weighted by Gasteiger charge is -2.12. The van der Waals surface area contributed by atoms with Gasteiger partial charge in [0.25, 0.3) is 0 Å². The number of nitrogen functional groups attached to an aromatic ring is 2. The number of nitrogens with zero attached hydrogens (tertiary/aromatic N) is 3. The number of benzene rings is 1. The Hall–Kier alpha value is -2.90. The molecule has 0 atom stereocenters. The molecule has 1 fully saturated rings. The molecule has 0 spiro atoms. The van der Waals surface area contributed by atoms with Crippen molar-refractivity contribution in [3.8, 4) is 0 Å². The van der Waals surface area contributed by atoms with Crippen molar-refractivity contribution in [3.05, 3.63) is 29.2 Å². The van der Waals surface area contributed by atoms with E-state index in [9.17, 15) is 4.91 Å². The van der Waals surface area contributed by atoms with Crippen molar-refractivity contribution in [2.75, 3.05) is 22.1 Å². The lowest BCUT2D eigenvalue weighted by molar-refractivity contribution is 1.09. The van der Waals surface area contributed by atoms with Gasteiger partial charge in [0.05, 0.1) is 0 Å². The normalized spacial score (nSPS) is 13.7. The summed E-state index contributed by atoms with van der Waals surface area (Å²) in [5, 5.41) is 9.16. The van der Waals surface area contributed by atoms with Crippen molar-refractivity contribution in [1.82, 2.24) is 9.97 Å². The van der Waals surface area contributed by atoms with Crippen LogP contribution in [-0.2, 0) is 0 Å². The van der Waals surface area contributed by atoms with Gasteiger partial charge in [-0.25, -0.2) is 0 Å². The lowest BCUT2D eigenvalue weighted by Crippen LogP contribution is -2.08. The number of aromatic nitrogens is 2. The predicted molar refractivity (Wildman–Crippen MR) is 82.7 cm³/mol. The molecule has 0 saturated heterocycles. The fraction of sp³-hybridized carbons (Fsp3) is 0.231. The van der Waals surface area contributed by atoms with Gasteiger partial charge < -0.3 is 22.1 Å². The third-order valence-corrected chi connectivity index (χ3v) is 3.08. The summed E-state index contributed by atoms with van der Waals surface area (Å²) in [6.45, 7) is 0. The summed E-state index contributed by atoms with van der Waals surface area (Å²) in [4.78, 5) is 19.2. The van der Waals surface area contributed by atoms with E-state index >= 15 is 0 Å². The van der Waals surface area contributed by atoms with Crippen LogP contribution in [0.1, 0.15) is 12.8 Å². The Kier molecular flexibility index (Phi) is 3.27. The van der Waals surface area contributed by atoms with E-state index in [-0.39, 0.29) is 17.5 Å². The molecule has 2 aromatic rings.